The summed E-state index contributed by atoms with van der Waals surface area (Å²) in [5.41, 5.74) is 0.241. The zero-order chi connectivity index (χ0) is 15.6. The van der Waals surface area contributed by atoms with Gasteiger partial charge in [0.15, 0.2) is 5.90 Å². The third kappa shape index (κ3) is 3.61. The maximum absolute atomic E-state index is 12.5. The number of aliphatic imine (C=N–C) groups is 1. The van der Waals surface area contributed by atoms with Gasteiger partial charge in [-0.1, -0.05) is 12.1 Å². The third-order valence-corrected chi connectivity index (χ3v) is 4.13. The van der Waals surface area contributed by atoms with E-state index < -0.39 is 11.7 Å². The van der Waals surface area contributed by atoms with Crippen LogP contribution in [-0.2, 0) is 17.3 Å². The van der Waals surface area contributed by atoms with Crippen molar-refractivity contribution < 1.29 is 17.9 Å². The van der Waals surface area contributed by atoms with Gasteiger partial charge in [0.2, 0.25) is 0 Å². The largest absolute Gasteiger partial charge is 0.478 e. The number of piperidine rings is 1. The molecule has 3 rings (SSSR count). The van der Waals surface area contributed by atoms with Crippen LogP contribution in [0.4, 0.5) is 13.2 Å². The first-order valence-corrected chi connectivity index (χ1v) is 7.60. The Kier molecular flexibility index (Phi) is 4.38. The Bertz CT molecular complexity index is 533. The van der Waals surface area contributed by atoms with E-state index in [1.54, 1.807) is 0 Å². The smallest absolute Gasteiger partial charge is 0.416 e. The highest BCUT2D eigenvalue weighted by atomic mass is 19.4. The summed E-state index contributed by atoms with van der Waals surface area (Å²) in [6, 6.07) is 5.31. The van der Waals surface area contributed by atoms with Crippen molar-refractivity contribution in [1.29, 1.82) is 0 Å². The topological polar surface area (TPSA) is 33.6 Å². The third-order valence-electron chi connectivity index (χ3n) is 4.13. The quantitative estimate of drug-likeness (QED) is 0.931. The second-order valence-electron chi connectivity index (χ2n) is 5.87. The summed E-state index contributed by atoms with van der Waals surface area (Å²) >= 11 is 0. The Morgan fingerprint density at radius 1 is 1.23 bits per heavy atom. The van der Waals surface area contributed by atoms with E-state index in [-0.39, 0.29) is 6.04 Å². The minimum Gasteiger partial charge on any atom is -0.478 e. The van der Waals surface area contributed by atoms with Gasteiger partial charge in [-0.05, 0) is 43.5 Å². The Labute approximate surface area is 127 Å². The van der Waals surface area contributed by atoms with Gasteiger partial charge in [-0.3, -0.25) is 0 Å². The molecule has 0 aromatic heterocycles. The SMILES string of the molecule is FC(F)(F)c1ccc(CC2COC(C3CCCNC3)=N2)cc1. The van der Waals surface area contributed by atoms with Crippen molar-refractivity contribution in [3.05, 3.63) is 35.4 Å². The van der Waals surface area contributed by atoms with E-state index in [2.05, 4.69) is 10.3 Å². The Morgan fingerprint density at radius 3 is 2.64 bits per heavy atom. The highest BCUT2D eigenvalue weighted by molar-refractivity contribution is 5.80. The first-order chi connectivity index (χ1) is 10.5. The lowest BCUT2D eigenvalue weighted by molar-refractivity contribution is -0.137. The second kappa shape index (κ2) is 6.28. The zero-order valence-electron chi connectivity index (χ0n) is 12.2. The number of hydrogen-bond donors (Lipinski definition) is 1. The van der Waals surface area contributed by atoms with Crippen molar-refractivity contribution in [2.24, 2.45) is 10.9 Å². The summed E-state index contributed by atoms with van der Waals surface area (Å²) in [5, 5.41) is 3.33. The number of halogens is 3. The fourth-order valence-electron chi connectivity index (χ4n) is 2.93. The number of benzene rings is 1. The average Bonchev–Trinajstić information content (AvgIpc) is 2.96. The van der Waals surface area contributed by atoms with E-state index >= 15 is 0 Å². The molecule has 22 heavy (non-hydrogen) atoms. The Balaban J connectivity index is 1.60. The molecule has 0 saturated carbocycles. The van der Waals surface area contributed by atoms with E-state index in [1.165, 1.54) is 12.1 Å². The van der Waals surface area contributed by atoms with Crippen LogP contribution >= 0.6 is 0 Å². The monoisotopic (exact) mass is 312 g/mol. The Hall–Kier alpha value is -1.56. The lowest BCUT2D eigenvalue weighted by Gasteiger charge is -2.21. The molecule has 0 aliphatic carbocycles. The van der Waals surface area contributed by atoms with E-state index in [4.69, 9.17) is 4.74 Å². The number of nitrogens with one attached hydrogen (secondary N) is 1. The normalized spacial score (nSPS) is 25.7. The van der Waals surface area contributed by atoms with Gasteiger partial charge in [-0.15, -0.1) is 0 Å². The van der Waals surface area contributed by atoms with E-state index in [0.29, 0.717) is 18.9 Å². The average molecular weight is 312 g/mol. The van der Waals surface area contributed by atoms with Gasteiger partial charge >= 0.3 is 6.18 Å². The van der Waals surface area contributed by atoms with Crippen LogP contribution in [0, 0.1) is 5.92 Å². The van der Waals surface area contributed by atoms with Crippen LogP contribution in [0.3, 0.4) is 0 Å². The number of ether oxygens (including phenoxy) is 1. The molecule has 1 fully saturated rings. The number of rotatable bonds is 3. The van der Waals surface area contributed by atoms with E-state index in [0.717, 1.165) is 49.5 Å². The van der Waals surface area contributed by atoms with E-state index in [9.17, 15) is 13.2 Å². The standard InChI is InChI=1S/C16H19F3N2O/c17-16(18,19)13-5-3-11(4-6-13)8-14-10-22-15(21-14)12-2-1-7-20-9-12/h3-6,12,14,20H,1-2,7-10H2. The molecule has 6 heteroatoms. The number of hydrogen-bond acceptors (Lipinski definition) is 3. The van der Waals surface area contributed by atoms with Gasteiger partial charge in [-0.2, -0.15) is 13.2 Å². The lowest BCUT2D eigenvalue weighted by atomic mass is 9.99. The molecule has 2 heterocycles. The molecular weight excluding hydrogens is 293 g/mol. The maximum Gasteiger partial charge on any atom is 0.416 e. The summed E-state index contributed by atoms with van der Waals surface area (Å²) < 4.78 is 43.3. The predicted octanol–water partition coefficient (Wildman–Crippen LogP) is 3.04. The molecule has 0 bridgehead atoms. The van der Waals surface area contributed by atoms with Crippen LogP contribution in [-0.4, -0.2) is 31.6 Å². The molecule has 0 radical (unpaired) electrons. The molecular formula is C16H19F3N2O. The van der Waals surface area contributed by atoms with Crippen LogP contribution in [0.15, 0.2) is 29.3 Å². The minimum absolute atomic E-state index is 0.00802. The number of nitrogens with zero attached hydrogens (tertiary/aromatic N) is 1. The van der Waals surface area contributed by atoms with Crippen molar-refractivity contribution in [2.45, 2.75) is 31.5 Å². The molecule has 2 atom stereocenters. The summed E-state index contributed by atoms with van der Waals surface area (Å²) in [5.74, 6) is 1.15. The second-order valence-corrected chi connectivity index (χ2v) is 5.87. The van der Waals surface area contributed by atoms with Gasteiger partial charge in [0.25, 0.3) is 0 Å². The zero-order valence-corrected chi connectivity index (χ0v) is 12.2. The van der Waals surface area contributed by atoms with Crippen LogP contribution in [0.25, 0.3) is 0 Å². The van der Waals surface area contributed by atoms with Crippen molar-refractivity contribution in [1.82, 2.24) is 5.32 Å². The molecule has 1 aromatic rings. The highest BCUT2D eigenvalue weighted by Gasteiger charge is 2.30. The highest BCUT2D eigenvalue weighted by Crippen LogP contribution is 2.29. The van der Waals surface area contributed by atoms with Gasteiger partial charge < -0.3 is 10.1 Å². The Morgan fingerprint density at radius 2 is 2.00 bits per heavy atom. The summed E-state index contributed by atoms with van der Waals surface area (Å²) in [4.78, 5) is 4.61. The van der Waals surface area contributed by atoms with Crippen LogP contribution in [0.5, 0.6) is 0 Å². The fraction of sp³-hybridized carbons (Fsp3) is 0.562. The first kappa shape index (κ1) is 15.3. The maximum atomic E-state index is 12.5. The molecule has 2 aliphatic heterocycles. The fourth-order valence-corrected chi connectivity index (χ4v) is 2.93. The minimum atomic E-state index is -4.28. The van der Waals surface area contributed by atoms with Gasteiger partial charge in [0.1, 0.15) is 6.61 Å². The van der Waals surface area contributed by atoms with Crippen LogP contribution < -0.4 is 5.32 Å². The summed E-state index contributed by atoms with van der Waals surface area (Å²) in [6.07, 6.45) is -1.47. The summed E-state index contributed by atoms with van der Waals surface area (Å²) in [7, 11) is 0. The first-order valence-electron chi connectivity index (χ1n) is 7.60. The van der Waals surface area contributed by atoms with Crippen LogP contribution in [0.1, 0.15) is 24.0 Å². The molecule has 120 valence electrons. The van der Waals surface area contributed by atoms with Crippen LogP contribution in [0.2, 0.25) is 0 Å². The lowest BCUT2D eigenvalue weighted by Crippen LogP contribution is -2.34. The van der Waals surface area contributed by atoms with Gasteiger partial charge in [0.05, 0.1) is 11.6 Å². The van der Waals surface area contributed by atoms with Gasteiger partial charge in [0, 0.05) is 12.5 Å². The van der Waals surface area contributed by atoms with Crippen molar-refractivity contribution in [3.63, 3.8) is 0 Å². The molecule has 3 nitrogen and oxygen atoms in total. The molecule has 1 saturated heterocycles. The predicted molar refractivity (Wildman–Crippen MR) is 77.9 cm³/mol. The van der Waals surface area contributed by atoms with E-state index in [1.807, 2.05) is 0 Å². The number of alkyl halides is 3. The van der Waals surface area contributed by atoms with Crippen molar-refractivity contribution in [2.75, 3.05) is 19.7 Å². The molecule has 0 spiro atoms. The van der Waals surface area contributed by atoms with Crippen molar-refractivity contribution >= 4 is 5.90 Å². The molecule has 2 aliphatic rings. The molecule has 0 amide bonds. The summed E-state index contributed by atoms with van der Waals surface area (Å²) in [6.45, 7) is 2.46. The molecule has 1 aromatic carbocycles. The molecule has 2 unspecified atom stereocenters. The molecule has 1 N–H and O–H groups in total. The van der Waals surface area contributed by atoms with Crippen molar-refractivity contribution in [3.8, 4) is 0 Å². The van der Waals surface area contributed by atoms with Gasteiger partial charge in [-0.25, -0.2) is 4.99 Å².